The van der Waals surface area contributed by atoms with Crippen molar-refractivity contribution >= 4 is 28.7 Å². The van der Waals surface area contributed by atoms with Crippen LogP contribution in [0.1, 0.15) is 24.8 Å². The van der Waals surface area contributed by atoms with Crippen molar-refractivity contribution in [2.75, 3.05) is 29.4 Å². The zero-order chi connectivity index (χ0) is 24.1. The monoisotopic (exact) mass is 481 g/mol. The molecule has 0 radical (unpaired) electrons. The minimum Gasteiger partial charge on any atom is -0.356 e. The van der Waals surface area contributed by atoms with Gasteiger partial charge in [-0.1, -0.05) is 0 Å². The Kier molecular flexibility index (Phi) is 5.36. The summed E-state index contributed by atoms with van der Waals surface area (Å²) in [5.74, 6) is -0.0644. The lowest BCUT2D eigenvalue weighted by atomic mass is 9.77. The quantitative estimate of drug-likeness (QED) is 0.531. The van der Waals surface area contributed by atoms with E-state index in [1.54, 1.807) is 4.90 Å². The summed E-state index contributed by atoms with van der Waals surface area (Å²) in [5, 5.41) is 3.88. The van der Waals surface area contributed by atoms with Crippen LogP contribution in [0.15, 0.2) is 30.7 Å². The summed E-state index contributed by atoms with van der Waals surface area (Å²) >= 11 is 0. The third kappa shape index (κ3) is 3.82. The molecule has 34 heavy (non-hydrogen) atoms. The van der Waals surface area contributed by atoms with Crippen LogP contribution in [0.25, 0.3) is 11.2 Å². The number of aromatic nitrogens is 5. The number of carbonyl (C=O) groups is 1. The van der Waals surface area contributed by atoms with E-state index in [0.29, 0.717) is 31.3 Å². The lowest BCUT2D eigenvalue weighted by Gasteiger charge is -2.39. The van der Waals surface area contributed by atoms with Gasteiger partial charge in [-0.3, -0.25) is 9.69 Å². The largest absolute Gasteiger partial charge is 0.419 e. The van der Waals surface area contributed by atoms with E-state index in [4.69, 9.17) is 0 Å². The number of anilines is 2. The first-order valence-corrected chi connectivity index (χ1v) is 10.7. The van der Waals surface area contributed by atoms with Crippen molar-refractivity contribution in [3.8, 4) is 0 Å². The Bertz CT molecular complexity index is 1220. The second-order valence-electron chi connectivity index (χ2n) is 8.50. The van der Waals surface area contributed by atoms with Gasteiger partial charge in [-0.2, -0.15) is 18.3 Å². The molecule has 0 atom stereocenters. The Hall–Kier alpha value is -3.38. The van der Waals surface area contributed by atoms with Crippen LogP contribution >= 0.6 is 0 Å². The summed E-state index contributed by atoms with van der Waals surface area (Å²) in [7, 11) is 0. The van der Waals surface area contributed by atoms with Crippen molar-refractivity contribution in [2.24, 2.45) is 5.41 Å². The van der Waals surface area contributed by atoms with Gasteiger partial charge in [0, 0.05) is 25.8 Å². The van der Waals surface area contributed by atoms with Crippen LogP contribution in [0, 0.1) is 5.41 Å². The van der Waals surface area contributed by atoms with Crippen LogP contribution in [0.5, 0.6) is 0 Å². The van der Waals surface area contributed by atoms with Crippen LogP contribution in [0.3, 0.4) is 0 Å². The predicted molar refractivity (Wildman–Crippen MR) is 111 cm³/mol. The highest BCUT2D eigenvalue weighted by molar-refractivity contribution is 5.99. The first-order chi connectivity index (χ1) is 16.2. The van der Waals surface area contributed by atoms with Gasteiger partial charge in [0.15, 0.2) is 11.5 Å². The van der Waals surface area contributed by atoms with E-state index < -0.39 is 30.1 Å². The fraction of sp³-hybridized carbons (Fsp3) is 0.476. The van der Waals surface area contributed by atoms with Gasteiger partial charge in [0.25, 0.3) is 6.43 Å². The molecular formula is C21H20F5N7O. The Morgan fingerprint density at radius 3 is 2.50 bits per heavy atom. The second-order valence-corrected chi connectivity index (χ2v) is 8.50. The van der Waals surface area contributed by atoms with Crippen LogP contribution < -0.4 is 9.80 Å². The molecule has 0 aliphatic carbocycles. The molecule has 180 valence electrons. The summed E-state index contributed by atoms with van der Waals surface area (Å²) in [6, 6.07) is 2.25. The number of carbonyl (C=O) groups excluding carboxylic acids is 1. The van der Waals surface area contributed by atoms with Crippen molar-refractivity contribution in [1.82, 2.24) is 24.7 Å². The Morgan fingerprint density at radius 2 is 1.79 bits per heavy atom. The number of nitrogens with zero attached hydrogens (tertiary/aromatic N) is 7. The van der Waals surface area contributed by atoms with E-state index in [2.05, 4.69) is 20.1 Å². The van der Waals surface area contributed by atoms with Crippen LogP contribution in [-0.4, -0.2) is 56.7 Å². The molecular weight excluding hydrogens is 461 g/mol. The summed E-state index contributed by atoms with van der Waals surface area (Å²) in [4.78, 5) is 28.9. The summed E-state index contributed by atoms with van der Waals surface area (Å²) in [6.07, 6.45) is -1.81. The maximum absolute atomic E-state index is 13.4. The summed E-state index contributed by atoms with van der Waals surface area (Å²) in [5.41, 5.74) is -1.01. The van der Waals surface area contributed by atoms with Crippen molar-refractivity contribution in [3.63, 3.8) is 0 Å². The van der Waals surface area contributed by atoms with Gasteiger partial charge < -0.3 is 4.90 Å². The number of fused-ring (bicyclic) bond motifs is 1. The highest BCUT2D eigenvalue weighted by Gasteiger charge is 2.49. The zero-order valence-electron chi connectivity index (χ0n) is 17.8. The third-order valence-electron chi connectivity index (χ3n) is 6.55. The van der Waals surface area contributed by atoms with E-state index in [9.17, 15) is 26.7 Å². The van der Waals surface area contributed by atoms with Crippen molar-refractivity contribution in [3.05, 3.63) is 36.3 Å². The highest BCUT2D eigenvalue weighted by atomic mass is 19.4. The SMILES string of the molecule is O=C1N(c2cnc3cnn(CC(F)F)c3n2)CCC12CCN(c1ncccc1C(F)(F)F)CC2. The first-order valence-electron chi connectivity index (χ1n) is 10.7. The number of halogens is 5. The minimum absolute atomic E-state index is 0.129. The average Bonchev–Trinajstić information content (AvgIpc) is 3.34. The molecule has 0 aromatic carbocycles. The Labute approximate surface area is 190 Å². The third-order valence-corrected chi connectivity index (χ3v) is 6.55. The zero-order valence-corrected chi connectivity index (χ0v) is 17.8. The smallest absolute Gasteiger partial charge is 0.356 e. The van der Waals surface area contributed by atoms with Gasteiger partial charge in [0.05, 0.1) is 23.4 Å². The molecule has 0 unspecified atom stereocenters. The molecule has 1 spiro atoms. The molecule has 0 saturated carbocycles. The number of pyridine rings is 1. The van der Waals surface area contributed by atoms with Crippen LogP contribution in [0.2, 0.25) is 0 Å². The van der Waals surface area contributed by atoms with E-state index in [1.807, 2.05) is 0 Å². The highest BCUT2D eigenvalue weighted by Crippen LogP contribution is 2.44. The lowest BCUT2D eigenvalue weighted by molar-refractivity contribution is -0.137. The van der Waals surface area contributed by atoms with Gasteiger partial charge in [0.2, 0.25) is 5.91 Å². The normalized spacial score (nSPS) is 18.6. The maximum Gasteiger partial charge on any atom is 0.419 e. The van der Waals surface area contributed by atoms with Crippen LogP contribution in [0.4, 0.5) is 33.6 Å². The maximum atomic E-state index is 13.4. The van der Waals surface area contributed by atoms with Crippen molar-refractivity contribution in [2.45, 2.75) is 38.4 Å². The van der Waals surface area contributed by atoms with Gasteiger partial charge in [-0.05, 0) is 31.4 Å². The van der Waals surface area contributed by atoms with E-state index >= 15 is 0 Å². The van der Waals surface area contributed by atoms with Crippen molar-refractivity contribution in [1.29, 1.82) is 0 Å². The molecule has 2 fully saturated rings. The minimum atomic E-state index is -4.52. The van der Waals surface area contributed by atoms with E-state index in [1.165, 1.54) is 29.6 Å². The molecule has 2 aliphatic heterocycles. The standard InChI is InChI=1S/C21H20F5N7O/c22-15(23)12-33-18-14(10-29-33)28-11-16(30-18)32-9-5-20(19(32)34)3-7-31(8-4-20)17-13(21(24,25)26)2-1-6-27-17/h1-2,6,10-11,15H,3-5,7-9,12H2. The van der Waals surface area contributed by atoms with Gasteiger partial charge >= 0.3 is 6.18 Å². The molecule has 0 bridgehead atoms. The van der Waals surface area contributed by atoms with Gasteiger partial charge in [-0.15, -0.1) is 0 Å². The molecule has 3 aromatic rings. The Balaban J connectivity index is 1.34. The summed E-state index contributed by atoms with van der Waals surface area (Å²) in [6.45, 7) is 0.235. The first kappa shape index (κ1) is 22.4. The Morgan fingerprint density at radius 1 is 1.06 bits per heavy atom. The topological polar surface area (TPSA) is 80.0 Å². The lowest BCUT2D eigenvalue weighted by Crippen LogP contribution is -2.45. The van der Waals surface area contributed by atoms with Crippen LogP contribution in [-0.2, 0) is 17.5 Å². The van der Waals surface area contributed by atoms with E-state index in [0.717, 1.165) is 10.7 Å². The molecule has 2 saturated heterocycles. The molecule has 2 aliphatic rings. The second kappa shape index (κ2) is 8.13. The number of piperidine rings is 1. The molecule has 3 aromatic heterocycles. The number of hydrogen-bond donors (Lipinski definition) is 0. The van der Waals surface area contributed by atoms with Gasteiger partial charge in [0.1, 0.15) is 17.9 Å². The number of hydrogen-bond acceptors (Lipinski definition) is 6. The number of rotatable bonds is 4. The number of amides is 1. The predicted octanol–water partition coefficient (Wildman–Crippen LogP) is 3.53. The molecule has 8 nitrogen and oxygen atoms in total. The fourth-order valence-corrected chi connectivity index (χ4v) is 4.75. The van der Waals surface area contributed by atoms with Gasteiger partial charge in [-0.25, -0.2) is 28.4 Å². The summed E-state index contributed by atoms with van der Waals surface area (Å²) < 4.78 is 66.9. The molecule has 0 N–H and O–H groups in total. The molecule has 13 heteroatoms. The molecule has 5 heterocycles. The van der Waals surface area contributed by atoms with Crippen molar-refractivity contribution < 1.29 is 26.7 Å². The average molecular weight is 481 g/mol. The number of alkyl halides is 5. The molecule has 5 rings (SSSR count). The van der Waals surface area contributed by atoms with E-state index in [-0.39, 0.29) is 36.3 Å². The molecule has 1 amide bonds. The fourth-order valence-electron chi connectivity index (χ4n) is 4.75.